The maximum absolute atomic E-state index is 13.3. The molecule has 9 nitrogen and oxygen atoms in total. The van der Waals surface area contributed by atoms with Gasteiger partial charge in [0, 0.05) is 33.3 Å². The average Bonchev–Trinajstić information content (AvgIpc) is 3.51. The number of anilines is 3. The van der Waals surface area contributed by atoms with Crippen LogP contribution in [0.2, 0.25) is 0 Å². The molecule has 10 heteroatoms. The largest absolute Gasteiger partial charge is 0.343 e. The minimum absolute atomic E-state index is 0.102. The second-order valence-corrected chi connectivity index (χ2v) is 10.1. The van der Waals surface area contributed by atoms with E-state index >= 15 is 0 Å². The Balaban J connectivity index is 1.26. The van der Waals surface area contributed by atoms with Gasteiger partial charge in [0.15, 0.2) is 11.6 Å². The first-order valence-corrected chi connectivity index (χ1v) is 13.1. The van der Waals surface area contributed by atoms with E-state index in [2.05, 4.69) is 31.1 Å². The summed E-state index contributed by atoms with van der Waals surface area (Å²) < 4.78 is 6.27. The fourth-order valence-corrected chi connectivity index (χ4v) is 5.01. The summed E-state index contributed by atoms with van der Waals surface area (Å²) in [6, 6.07) is 17.1. The van der Waals surface area contributed by atoms with Crippen molar-refractivity contribution in [2.24, 2.45) is 0 Å². The van der Waals surface area contributed by atoms with Crippen molar-refractivity contribution in [3.63, 3.8) is 0 Å². The van der Waals surface area contributed by atoms with Crippen LogP contribution >= 0.6 is 11.3 Å². The molecule has 1 fully saturated rings. The smallest absolute Gasteiger partial charge is 0.257 e. The van der Waals surface area contributed by atoms with E-state index in [0.29, 0.717) is 34.7 Å². The van der Waals surface area contributed by atoms with Crippen molar-refractivity contribution in [2.75, 3.05) is 10.6 Å². The molecule has 0 saturated heterocycles. The monoisotopic (exact) mass is 524 g/mol. The van der Waals surface area contributed by atoms with Gasteiger partial charge in [0.2, 0.25) is 5.89 Å². The van der Waals surface area contributed by atoms with Crippen molar-refractivity contribution in [3.05, 3.63) is 94.6 Å². The van der Waals surface area contributed by atoms with E-state index in [-0.39, 0.29) is 23.9 Å². The zero-order valence-electron chi connectivity index (χ0n) is 20.5. The summed E-state index contributed by atoms with van der Waals surface area (Å²) >= 11 is 1.51. The lowest BCUT2D eigenvalue weighted by atomic mass is 10.1. The normalized spacial score (nSPS) is 12.9. The lowest BCUT2D eigenvalue weighted by Crippen LogP contribution is -2.24. The molecular formula is C28H24N6O3S. The minimum Gasteiger partial charge on any atom is -0.343 e. The number of carbonyl (C=O) groups excluding carboxylic acids is 2. The lowest BCUT2D eigenvalue weighted by molar-refractivity contribution is 0.0944. The molecule has 1 aliphatic rings. The third kappa shape index (κ3) is 4.98. The number of benzene rings is 2. The molecule has 0 radical (unpaired) electrons. The number of rotatable bonds is 8. The van der Waals surface area contributed by atoms with Gasteiger partial charge in [0.25, 0.3) is 11.8 Å². The van der Waals surface area contributed by atoms with Crippen LogP contribution in [0.1, 0.15) is 56.8 Å². The van der Waals surface area contributed by atoms with Gasteiger partial charge in [-0.15, -0.1) is 11.3 Å². The zero-order chi connectivity index (χ0) is 26.1. The SMILES string of the molecule is Cc1ccccc1Nc1ncc(C(=O)NCc2nc(C3CC3)no2)cc1NC(=O)c1csc2ccccc12. The molecule has 3 heterocycles. The second kappa shape index (κ2) is 10.1. The first-order chi connectivity index (χ1) is 18.5. The summed E-state index contributed by atoms with van der Waals surface area (Å²) in [6.45, 7) is 2.08. The fraction of sp³-hybridized carbons (Fsp3) is 0.179. The number of nitrogens with zero attached hydrogens (tertiary/aromatic N) is 3. The number of thiophene rings is 1. The number of para-hydroxylation sites is 1. The second-order valence-electron chi connectivity index (χ2n) is 9.16. The van der Waals surface area contributed by atoms with E-state index in [4.69, 9.17) is 4.52 Å². The Kier molecular flexibility index (Phi) is 6.30. The van der Waals surface area contributed by atoms with Crippen LogP contribution in [0.15, 0.2) is 70.7 Å². The molecule has 3 aromatic heterocycles. The fourth-order valence-electron chi connectivity index (χ4n) is 4.07. The van der Waals surface area contributed by atoms with Crippen LogP contribution in [-0.4, -0.2) is 26.9 Å². The molecule has 38 heavy (non-hydrogen) atoms. The maximum atomic E-state index is 13.3. The van der Waals surface area contributed by atoms with Crippen molar-refractivity contribution in [2.45, 2.75) is 32.2 Å². The minimum atomic E-state index is -0.373. The Morgan fingerprint density at radius 1 is 1.05 bits per heavy atom. The van der Waals surface area contributed by atoms with E-state index < -0.39 is 0 Å². The Morgan fingerprint density at radius 2 is 1.87 bits per heavy atom. The highest BCUT2D eigenvalue weighted by Crippen LogP contribution is 2.38. The van der Waals surface area contributed by atoms with Crippen LogP contribution in [0, 0.1) is 6.92 Å². The number of nitrogens with one attached hydrogen (secondary N) is 3. The van der Waals surface area contributed by atoms with Crippen LogP contribution in [0.5, 0.6) is 0 Å². The molecular weight excluding hydrogens is 500 g/mol. The maximum Gasteiger partial charge on any atom is 0.257 e. The van der Waals surface area contributed by atoms with Gasteiger partial charge in [-0.3, -0.25) is 9.59 Å². The first-order valence-electron chi connectivity index (χ1n) is 12.3. The first kappa shape index (κ1) is 23.8. The number of hydrogen-bond acceptors (Lipinski definition) is 8. The number of amides is 2. The quantitative estimate of drug-likeness (QED) is 0.235. The molecule has 5 aromatic rings. The molecule has 3 N–H and O–H groups in total. The molecule has 1 aliphatic carbocycles. The third-order valence-electron chi connectivity index (χ3n) is 6.35. The van der Waals surface area contributed by atoms with Crippen LogP contribution < -0.4 is 16.0 Å². The van der Waals surface area contributed by atoms with Gasteiger partial charge in [-0.25, -0.2) is 4.98 Å². The van der Waals surface area contributed by atoms with Crippen molar-refractivity contribution in [3.8, 4) is 0 Å². The molecule has 2 amide bonds. The Labute approximate surface area is 222 Å². The number of carbonyl (C=O) groups is 2. The van der Waals surface area contributed by atoms with Crippen molar-refractivity contribution < 1.29 is 14.1 Å². The van der Waals surface area contributed by atoms with Crippen LogP contribution in [0.3, 0.4) is 0 Å². The van der Waals surface area contributed by atoms with Crippen molar-refractivity contribution in [1.29, 1.82) is 0 Å². The van der Waals surface area contributed by atoms with Crippen molar-refractivity contribution >= 4 is 50.4 Å². The van der Waals surface area contributed by atoms with Gasteiger partial charge in [-0.05, 0) is 43.5 Å². The number of pyridine rings is 1. The molecule has 1 saturated carbocycles. The van der Waals surface area contributed by atoms with E-state index in [1.54, 1.807) is 6.07 Å². The topological polar surface area (TPSA) is 122 Å². The van der Waals surface area contributed by atoms with Gasteiger partial charge in [0.05, 0.1) is 23.4 Å². The molecule has 0 spiro atoms. The Morgan fingerprint density at radius 3 is 2.71 bits per heavy atom. The predicted octanol–water partition coefficient (Wildman–Crippen LogP) is 5.79. The number of hydrogen-bond donors (Lipinski definition) is 3. The van der Waals surface area contributed by atoms with E-state index in [1.165, 1.54) is 17.5 Å². The highest BCUT2D eigenvalue weighted by molar-refractivity contribution is 7.17. The summed E-state index contributed by atoms with van der Waals surface area (Å²) in [5.41, 5.74) is 3.09. The molecule has 6 rings (SSSR count). The molecule has 0 bridgehead atoms. The molecule has 0 aliphatic heterocycles. The van der Waals surface area contributed by atoms with E-state index in [1.807, 2.05) is 60.8 Å². The van der Waals surface area contributed by atoms with Gasteiger partial charge in [-0.2, -0.15) is 4.98 Å². The summed E-state index contributed by atoms with van der Waals surface area (Å²) in [6.07, 6.45) is 3.60. The number of aryl methyl sites for hydroxylation is 1. The Hall–Kier alpha value is -4.57. The standard InChI is InChI=1S/C28H24N6O3S/c1-16-6-2-4-8-21(16)31-26-22(32-28(36)20-15-38-23-9-5-3-7-19(20)23)12-18(13-29-26)27(35)30-14-24-33-25(34-37-24)17-10-11-17/h2-9,12-13,15,17H,10-11,14H2,1H3,(H,29,31)(H,30,35)(H,32,36). The molecule has 2 aromatic carbocycles. The van der Waals surface area contributed by atoms with Crippen LogP contribution in [0.25, 0.3) is 10.1 Å². The summed E-state index contributed by atoms with van der Waals surface area (Å²) in [5, 5.41) is 15.7. The highest BCUT2D eigenvalue weighted by Gasteiger charge is 2.28. The van der Waals surface area contributed by atoms with E-state index in [9.17, 15) is 9.59 Å². The van der Waals surface area contributed by atoms with Gasteiger partial charge < -0.3 is 20.5 Å². The van der Waals surface area contributed by atoms with Crippen LogP contribution in [0.4, 0.5) is 17.2 Å². The molecule has 0 unspecified atom stereocenters. The predicted molar refractivity (Wildman–Crippen MR) is 146 cm³/mol. The molecule has 0 atom stereocenters. The average molecular weight is 525 g/mol. The van der Waals surface area contributed by atoms with Gasteiger partial charge >= 0.3 is 0 Å². The number of fused-ring (bicyclic) bond motifs is 1. The zero-order valence-corrected chi connectivity index (χ0v) is 21.3. The van der Waals surface area contributed by atoms with Gasteiger partial charge in [-0.1, -0.05) is 41.6 Å². The third-order valence-corrected chi connectivity index (χ3v) is 7.31. The summed E-state index contributed by atoms with van der Waals surface area (Å²) in [5.74, 6) is 1.18. The van der Waals surface area contributed by atoms with Crippen LogP contribution in [-0.2, 0) is 6.54 Å². The summed E-state index contributed by atoms with van der Waals surface area (Å²) in [7, 11) is 0. The lowest BCUT2D eigenvalue weighted by Gasteiger charge is -2.15. The number of aromatic nitrogens is 3. The van der Waals surface area contributed by atoms with Crippen molar-refractivity contribution in [1.82, 2.24) is 20.4 Å². The summed E-state index contributed by atoms with van der Waals surface area (Å²) in [4.78, 5) is 35.1. The van der Waals surface area contributed by atoms with E-state index in [0.717, 1.165) is 34.2 Å². The van der Waals surface area contributed by atoms with Gasteiger partial charge in [0.1, 0.15) is 0 Å². The highest BCUT2D eigenvalue weighted by atomic mass is 32.1. The Bertz CT molecular complexity index is 1660. The molecule has 190 valence electrons.